The fourth-order valence-electron chi connectivity index (χ4n) is 1.62. The summed E-state index contributed by atoms with van der Waals surface area (Å²) in [5.74, 6) is -0.402. The number of carbonyl (C=O) groups is 1. The van der Waals surface area contributed by atoms with E-state index < -0.39 is 6.36 Å². The number of amides is 1. The van der Waals surface area contributed by atoms with Crippen LogP contribution in [-0.2, 0) is 11.2 Å². The van der Waals surface area contributed by atoms with Crippen molar-refractivity contribution in [3.63, 3.8) is 0 Å². The van der Waals surface area contributed by atoms with Crippen molar-refractivity contribution in [2.75, 3.05) is 13.1 Å². The molecule has 0 aromatic heterocycles. The molecular weight excluding hydrogens is 309 g/mol. The van der Waals surface area contributed by atoms with E-state index in [2.05, 4.69) is 10.1 Å². The van der Waals surface area contributed by atoms with Crippen molar-refractivity contribution in [3.05, 3.63) is 29.8 Å². The molecule has 0 heterocycles. The van der Waals surface area contributed by atoms with Gasteiger partial charge in [0.1, 0.15) is 5.75 Å². The number of carbonyl (C=O) groups excluding carboxylic acids is 1. The fraction of sp³-hybridized carbons (Fsp3) is 0.462. The van der Waals surface area contributed by atoms with Crippen LogP contribution >= 0.6 is 12.4 Å². The van der Waals surface area contributed by atoms with Crippen LogP contribution in [0.3, 0.4) is 0 Å². The Labute approximate surface area is 127 Å². The van der Waals surface area contributed by atoms with Gasteiger partial charge in [0, 0.05) is 13.0 Å². The lowest BCUT2D eigenvalue weighted by molar-refractivity contribution is -0.274. The number of alkyl halides is 3. The predicted molar refractivity (Wildman–Crippen MR) is 75.4 cm³/mol. The van der Waals surface area contributed by atoms with Crippen molar-refractivity contribution >= 4 is 18.3 Å². The SMILES string of the molecule is Cl.NCCCC(=O)NCCc1ccccc1OC(F)(F)F. The average molecular weight is 327 g/mol. The van der Waals surface area contributed by atoms with Crippen molar-refractivity contribution in [2.24, 2.45) is 5.73 Å². The lowest BCUT2D eigenvalue weighted by Gasteiger charge is -2.13. The van der Waals surface area contributed by atoms with E-state index in [1.807, 2.05) is 0 Å². The van der Waals surface area contributed by atoms with Crippen molar-refractivity contribution in [1.82, 2.24) is 5.32 Å². The van der Waals surface area contributed by atoms with Crippen LogP contribution in [-0.4, -0.2) is 25.4 Å². The Balaban J connectivity index is 0.00000400. The third-order valence-electron chi connectivity index (χ3n) is 2.52. The Hall–Kier alpha value is -1.47. The maximum Gasteiger partial charge on any atom is 0.573 e. The molecule has 1 rings (SSSR count). The molecule has 0 spiro atoms. The largest absolute Gasteiger partial charge is 0.573 e. The fourth-order valence-corrected chi connectivity index (χ4v) is 1.62. The van der Waals surface area contributed by atoms with Crippen LogP contribution in [0.1, 0.15) is 18.4 Å². The molecule has 1 amide bonds. The van der Waals surface area contributed by atoms with Crippen LogP contribution < -0.4 is 15.8 Å². The number of ether oxygens (including phenoxy) is 1. The van der Waals surface area contributed by atoms with Crippen LogP contribution in [0.5, 0.6) is 5.75 Å². The molecule has 0 saturated heterocycles. The van der Waals surface area contributed by atoms with Gasteiger partial charge in [-0.2, -0.15) is 0 Å². The van der Waals surface area contributed by atoms with Gasteiger partial charge >= 0.3 is 6.36 Å². The molecule has 3 N–H and O–H groups in total. The molecule has 0 radical (unpaired) electrons. The summed E-state index contributed by atoms with van der Waals surface area (Å²) < 4.78 is 40.5. The van der Waals surface area contributed by atoms with Gasteiger partial charge in [-0.25, -0.2) is 0 Å². The van der Waals surface area contributed by atoms with E-state index in [4.69, 9.17) is 5.73 Å². The quantitative estimate of drug-likeness (QED) is 0.808. The van der Waals surface area contributed by atoms with Crippen LogP contribution in [0.25, 0.3) is 0 Å². The molecule has 0 bridgehead atoms. The highest BCUT2D eigenvalue weighted by Gasteiger charge is 2.31. The summed E-state index contributed by atoms with van der Waals surface area (Å²) in [4.78, 5) is 11.3. The number of rotatable bonds is 7. The molecule has 8 heteroatoms. The molecule has 21 heavy (non-hydrogen) atoms. The van der Waals surface area contributed by atoms with Gasteiger partial charge in [-0.15, -0.1) is 25.6 Å². The molecule has 0 saturated carbocycles. The van der Waals surface area contributed by atoms with Crippen LogP contribution in [0.2, 0.25) is 0 Å². The smallest absolute Gasteiger partial charge is 0.406 e. The van der Waals surface area contributed by atoms with Crippen LogP contribution in [0.15, 0.2) is 24.3 Å². The molecule has 4 nitrogen and oxygen atoms in total. The van der Waals surface area contributed by atoms with Gasteiger partial charge in [0.25, 0.3) is 0 Å². The van der Waals surface area contributed by atoms with Crippen molar-refractivity contribution in [2.45, 2.75) is 25.6 Å². The average Bonchev–Trinajstić information content (AvgIpc) is 2.36. The summed E-state index contributed by atoms with van der Waals surface area (Å²) in [7, 11) is 0. The summed E-state index contributed by atoms with van der Waals surface area (Å²) in [6, 6.07) is 5.87. The zero-order chi connectivity index (χ0) is 15.0. The maximum absolute atomic E-state index is 12.2. The Morgan fingerprint density at radius 3 is 2.57 bits per heavy atom. The zero-order valence-electron chi connectivity index (χ0n) is 11.3. The van der Waals surface area contributed by atoms with Crippen molar-refractivity contribution < 1.29 is 22.7 Å². The Kier molecular flexibility index (Phi) is 8.80. The first kappa shape index (κ1) is 19.5. The minimum atomic E-state index is -4.72. The number of hydrogen-bond donors (Lipinski definition) is 2. The van der Waals surface area contributed by atoms with Crippen molar-refractivity contribution in [3.8, 4) is 5.75 Å². The van der Waals surface area contributed by atoms with E-state index in [9.17, 15) is 18.0 Å². The first-order valence-electron chi connectivity index (χ1n) is 6.23. The summed E-state index contributed by atoms with van der Waals surface area (Å²) in [6.07, 6.45) is -3.56. The minimum Gasteiger partial charge on any atom is -0.406 e. The number of nitrogens with two attached hydrogens (primary N) is 1. The molecule has 1 aromatic rings. The highest BCUT2D eigenvalue weighted by molar-refractivity contribution is 5.85. The predicted octanol–water partition coefficient (Wildman–Crippen LogP) is 2.40. The Morgan fingerprint density at radius 2 is 1.95 bits per heavy atom. The summed E-state index contributed by atoms with van der Waals surface area (Å²) >= 11 is 0. The number of para-hydroxylation sites is 1. The number of nitrogens with one attached hydrogen (secondary N) is 1. The summed E-state index contributed by atoms with van der Waals surface area (Å²) in [5, 5.41) is 2.62. The van der Waals surface area contributed by atoms with Crippen LogP contribution in [0, 0.1) is 0 Å². The molecule has 0 aliphatic rings. The van der Waals surface area contributed by atoms with Crippen molar-refractivity contribution in [1.29, 1.82) is 0 Å². The third-order valence-corrected chi connectivity index (χ3v) is 2.52. The monoisotopic (exact) mass is 326 g/mol. The van der Waals surface area contributed by atoms with Gasteiger partial charge in [0.05, 0.1) is 0 Å². The van der Waals surface area contributed by atoms with Gasteiger partial charge < -0.3 is 15.8 Å². The number of benzene rings is 1. The Morgan fingerprint density at radius 1 is 1.29 bits per heavy atom. The van der Waals surface area contributed by atoms with E-state index in [0.29, 0.717) is 24.9 Å². The topological polar surface area (TPSA) is 64.4 Å². The molecule has 0 aliphatic heterocycles. The second kappa shape index (κ2) is 9.46. The molecule has 0 unspecified atom stereocenters. The van der Waals surface area contributed by atoms with Gasteiger partial charge in [0.15, 0.2) is 0 Å². The highest BCUT2D eigenvalue weighted by Crippen LogP contribution is 2.26. The van der Waals surface area contributed by atoms with Gasteiger partial charge in [-0.3, -0.25) is 4.79 Å². The molecular formula is C13H18ClF3N2O2. The van der Waals surface area contributed by atoms with E-state index in [1.54, 1.807) is 6.07 Å². The molecule has 0 fully saturated rings. The van der Waals surface area contributed by atoms with Gasteiger partial charge in [-0.05, 0) is 31.0 Å². The molecule has 0 aliphatic carbocycles. The molecule has 120 valence electrons. The minimum absolute atomic E-state index is 0. The maximum atomic E-state index is 12.2. The van der Waals surface area contributed by atoms with Gasteiger partial charge in [-0.1, -0.05) is 18.2 Å². The zero-order valence-corrected chi connectivity index (χ0v) is 12.1. The van der Waals surface area contributed by atoms with E-state index in [0.717, 1.165) is 0 Å². The lowest BCUT2D eigenvalue weighted by Crippen LogP contribution is -2.26. The molecule has 1 aromatic carbocycles. The first-order valence-corrected chi connectivity index (χ1v) is 6.23. The molecule has 0 atom stereocenters. The van der Waals surface area contributed by atoms with E-state index >= 15 is 0 Å². The standard InChI is InChI=1S/C13H17F3N2O2.ClH/c14-13(15,16)20-11-5-2-1-4-10(11)7-9-18-12(19)6-3-8-17;/h1-2,4-5H,3,6-9,17H2,(H,18,19);1H. The van der Waals surface area contributed by atoms with Gasteiger partial charge in [0.2, 0.25) is 5.91 Å². The van der Waals surface area contributed by atoms with E-state index in [1.165, 1.54) is 18.2 Å². The second-order valence-electron chi connectivity index (χ2n) is 4.15. The summed E-state index contributed by atoms with van der Waals surface area (Å²) in [5.41, 5.74) is 5.66. The van der Waals surface area contributed by atoms with E-state index in [-0.39, 0.29) is 37.0 Å². The third kappa shape index (κ3) is 8.41. The highest BCUT2D eigenvalue weighted by atomic mass is 35.5. The Bertz CT molecular complexity index is 442. The first-order chi connectivity index (χ1) is 9.42. The van der Waals surface area contributed by atoms with Crippen LogP contribution in [0.4, 0.5) is 13.2 Å². The second-order valence-corrected chi connectivity index (χ2v) is 4.15. The normalized spacial score (nSPS) is 10.7. The number of hydrogen-bond acceptors (Lipinski definition) is 3. The summed E-state index contributed by atoms with van der Waals surface area (Å²) in [6.45, 7) is 0.678. The number of halogens is 4. The lowest BCUT2D eigenvalue weighted by atomic mass is 10.1.